The maximum Gasteiger partial charge on any atom is 0.0240 e. The van der Waals surface area contributed by atoms with Gasteiger partial charge in [0, 0.05) is 18.5 Å². The molecule has 92 valence electrons. The van der Waals surface area contributed by atoms with E-state index in [1.165, 1.54) is 19.3 Å². The van der Waals surface area contributed by atoms with Crippen molar-refractivity contribution in [1.29, 1.82) is 0 Å². The van der Waals surface area contributed by atoms with E-state index in [4.69, 9.17) is 6.42 Å². The Morgan fingerprint density at radius 2 is 2.12 bits per heavy atom. The number of rotatable bonds is 4. The molecular weight excluding hydrogens is 194 g/mol. The average Bonchev–Trinajstić information content (AvgIpc) is 2.13. The van der Waals surface area contributed by atoms with E-state index in [0.29, 0.717) is 17.5 Å². The maximum absolute atomic E-state index is 5.40. The van der Waals surface area contributed by atoms with Crippen molar-refractivity contribution in [2.24, 2.45) is 11.3 Å². The fourth-order valence-electron chi connectivity index (χ4n) is 3.27. The van der Waals surface area contributed by atoms with Gasteiger partial charge in [0.05, 0.1) is 0 Å². The van der Waals surface area contributed by atoms with E-state index in [1.807, 2.05) is 0 Å². The summed E-state index contributed by atoms with van der Waals surface area (Å²) in [5, 5.41) is 3.75. The summed E-state index contributed by atoms with van der Waals surface area (Å²) in [4.78, 5) is 0. The molecule has 0 amide bonds. The normalized spacial score (nSPS) is 30.7. The van der Waals surface area contributed by atoms with E-state index in [-0.39, 0.29) is 0 Å². The Morgan fingerprint density at radius 3 is 2.62 bits per heavy atom. The molecule has 0 saturated heterocycles. The van der Waals surface area contributed by atoms with Gasteiger partial charge in [-0.15, -0.1) is 12.3 Å². The van der Waals surface area contributed by atoms with Crippen molar-refractivity contribution in [1.82, 2.24) is 5.32 Å². The molecule has 1 aliphatic rings. The molecular formula is C15H27N. The van der Waals surface area contributed by atoms with Crippen LogP contribution in [-0.2, 0) is 0 Å². The SMILES string of the molecule is C#CCC(CC)NC1CC(C)CC(C)(C)C1. The molecule has 1 N–H and O–H groups in total. The second-order valence-corrected chi connectivity index (χ2v) is 6.29. The van der Waals surface area contributed by atoms with Crippen molar-refractivity contribution in [3.63, 3.8) is 0 Å². The fourth-order valence-corrected chi connectivity index (χ4v) is 3.27. The lowest BCUT2D eigenvalue weighted by Crippen LogP contribution is -2.44. The number of hydrogen-bond donors (Lipinski definition) is 1. The number of terminal acetylenes is 1. The Morgan fingerprint density at radius 1 is 1.44 bits per heavy atom. The van der Waals surface area contributed by atoms with E-state index >= 15 is 0 Å². The molecule has 0 aromatic rings. The molecule has 0 radical (unpaired) electrons. The third-order valence-corrected chi connectivity index (χ3v) is 3.72. The quantitative estimate of drug-likeness (QED) is 0.715. The van der Waals surface area contributed by atoms with Crippen LogP contribution in [-0.4, -0.2) is 12.1 Å². The van der Waals surface area contributed by atoms with E-state index in [1.54, 1.807) is 0 Å². The largest absolute Gasteiger partial charge is 0.310 e. The van der Waals surface area contributed by atoms with Crippen LogP contribution in [0.2, 0.25) is 0 Å². The minimum absolute atomic E-state index is 0.490. The molecule has 0 bridgehead atoms. The second-order valence-electron chi connectivity index (χ2n) is 6.29. The molecule has 1 fully saturated rings. The van der Waals surface area contributed by atoms with E-state index in [2.05, 4.69) is 38.9 Å². The Hall–Kier alpha value is -0.480. The minimum atomic E-state index is 0.490. The topological polar surface area (TPSA) is 12.0 Å². The third-order valence-electron chi connectivity index (χ3n) is 3.72. The van der Waals surface area contributed by atoms with Crippen molar-refractivity contribution in [2.45, 2.75) is 71.9 Å². The van der Waals surface area contributed by atoms with Gasteiger partial charge in [-0.3, -0.25) is 0 Å². The highest BCUT2D eigenvalue weighted by atomic mass is 15.0. The highest BCUT2D eigenvalue weighted by Crippen LogP contribution is 2.38. The molecule has 3 atom stereocenters. The van der Waals surface area contributed by atoms with Crippen LogP contribution < -0.4 is 5.32 Å². The molecule has 1 rings (SSSR count). The summed E-state index contributed by atoms with van der Waals surface area (Å²) in [7, 11) is 0. The molecule has 1 heteroatoms. The summed E-state index contributed by atoms with van der Waals surface area (Å²) in [6.45, 7) is 9.36. The van der Waals surface area contributed by atoms with Crippen LogP contribution in [0.1, 0.15) is 59.8 Å². The maximum atomic E-state index is 5.40. The first-order valence-electron chi connectivity index (χ1n) is 6.66. The number of nitrogens with one attached hydrogen (secondary N) is 1. The molecule has 0 aliphatic heterocycles. The lowest BCUT2D eigenvalue weighted by Gasteiger charge is -2.40. The first-order valence-corrected chi connectivity index (χ1v) is 6.66. The zero-order valence-electron chi connectivity index (χ0n) is 11.3. The van der Waals surface area contributed by atoms with Gasteiger partial charge in [-0.2, -0.15) is 0 Å². The van der Waals surface area contributed by atoms with E-state index in [0.717, 1.165) is 18.8 Å². The predicted octanol–water partition coefficient (Wildman–Crippen LogP) is 3.59. The van der Waals surface area contributed by atoms with Crippen molar-refractivity contribution < 1.29 is 0 Å². The molecule has 0 aromatic carbocycles. The Labute approximate surface area is 101 Å². The van der Waals surface area contributed by atoms with Gasteiger partial charge in [-0.25, -0.2) is 0 Å². The Bertz CT molecular complexity index is 249. The van der Waals surface area contributed by atoms with Gasteiger partial charge in [-0.1, -0.05) is 27.7 Å². The molecule has 3 unspecified atom stereocenters. The van der Waals surface area contributed by atoms with E-state index < -0.39 is 0 Å². The predicted molar refractivity (Wildman–Crippen MR) is 71.2 cm³/mol. The summed E-state index contributed by atoms with van der Waals surface area (Å²) < 4.78 is 0. The zero-order valence-corrected chi connectivity index (χ0v) is 11.3. The van der Waals surface area contributed by atoms with Crippen LogP contribution >= 0.6 is 0 Å². The van der Waals surface area contributed by atoms with Gasteiger partial charge in [0.1, 0.15) is 0 Å². The highest BCUT2D eigenvalue weighted by Gasteiger charge is 2.32. The van der Waals surface area contributed by atoms with Crippen LogP contribution in [0.3, 0.4) is 0 Å². The van der Waals surface area contributed by atoms with Gasteiger partial charge < -0.3 is 5.32 Å². The van der Waals surface area contributed by atoms with Gasteiger partial charge in [-0.05, 0) is 37.0 Å². The van der Waals surface area contributed by atoms with Crippen LogP contribution in [0.4, 0.5) is 0 Å². The molecule has 0 heterocycles. The average molecular weight is 221 g/mol. The van der Waals surface area contributed by atoms with Gasteiger partial charge in [0.15, 0.2) is 0 Å². The van der Waals surface area contributed by atoms with Crippen molar-refractivity contribution in [2.75, 3.05) is 0 Å². The molecule has 16 heavy (non-hydrogen) atoms. The fraction of sp³-hybridized carbons (Fsp3) is 0.867. The smallest absolute Gasteiger partial charge is 0.0240 e. The summed E-state index contributed by atoms with van der Waals surface area (Å²) in [6.07, 6.45) is 11.4. The molecule has 1 aliphatic carbocycles. The zero-order chi connectivity index (χ0) is 12.2. The van der Waals surface area contributed by atoms with E-state index in [9.17, 15) is 0 Å². The molecule has 1 nitrogen and oxygen atoms in total. The van der Waals surface area contributed by atoms with Gasteiger partial charge in [0.2, 0.25) is 0 Å². The minimum Gasteiger partial charge on any atom is -0.310 e. The van der Waals surface area contributed by atoms with Gasteiger partial charge in [0.25, 0.3) is 0 Å². The first-order chi connectivity index (χ1) is 7.46. The summed E-state index contributed by atoms with van der Waals surface area (Å²) in [5.74, 6) is 3.62. The number of hydrogen-bond acceptors (Lipinski definition) is 1. The Balaban J connectivity index is 2.50. The summed E-state index contributed by atoms with van der Waals surface area (Å²) in [5.41, 5.74) is 0.490. The standard InChI is InChI=1S/C15H27N/c1-6-8-13(7-2)16-14-9-12(3)10-15(4,5)11-14/h1,12-14,16H,7-11H2,2-5H3. The van der Waals surface area contributed by atoms with Crippen molar-refractivity contribution in [3.05, 3.63) is 0 Å². The third kappa shape index (κ3) is 4.18. The van der Waals surface area contributed by atoms with Crippen LogP contribution in [0, 0.1) is 23.7 Å². The van der Waals surface area contributed by atoms with Crippen molar-refractivity contribution in [3.8, 4) is 12.3 Å². The lowest BCUT2D eigenvalue weighted by atomic mass is 9.70. The van der Waals surface area contributed by atoms with Crippen molar-refractivity contribution >= 4 is 0 Å². The summed E-state index contributed by atoms with van der Waals surface area (Å²) >= 11 is 0. The first kappa shape index (κ1) is 13.6. The van der Waals surface area contributed by atoms with Gasteiger partial charge >= 0.3 is 0 Å². The molecule has 1 saturated carbocycles. The van der Waals surface area contributed by atoms with Crippen LogP contribution in [0.25, 0.3) is 0 Å². The molecule has 0 aromatic heterocycles. The highest BCUT2D eigenvalue weighted by molar-refractivity contribution is 4.93. The molecule has 0 spiro atoms. The summed E-state index contributed by atoms with van der Waals surface area (Å²) in [6, 6.07) is 1.17. The monoisotopic (exact) mass is 221 g/mol. The van der Waals surface area contributed by atoms with Crippen LogP contribution in [0.15, 0.2) is 0 Å². The Kier molecular flexibility index (Phi) is 4.87. The van der Waals surface area contributed by atoms with Crippen LogP contribution in [0.5, 0.6) is 0 Å². The second kappa shape index (κ2) is 5.73. The lowest BCUT2D eigenvalue weighted by molar-refractivity contribution is 0.144.